The van der Waals surface area contributed by atoms with Crippen LogP contribution < -0.4 is 0 Å². The fourth-order valence-corrected chi connectivity index (χ4v) is 4.14. The summed E-state index contributed by atoms with van der Waals surface area (Å²) in [5.41, 5.74) is 0.855. The first-order valence-electron chi connectivity index (χ1n) is 5.52. The summed E-state index contributed by atoms with van der Waals surface area (Å²) in [5, 5.41) is 8.82. The largest absolute Gasteiger partial charge is 0.481 e. The SMILES string of the molecule is O=C(O)Cc1ccc2c(c1)Sc1ccccc1S2. The van der Waals surface area contributed by atoms with Crippen molar-refractivity contribution in [2.45, 2.75) is 26.0 Å². The number of rotatable bonds is 2. The molecule has 0 spiro atoms. The Kier molecular flexibility index (Phi) is 3.06. The predicted molar refractivity (Wildman–Crippen MR) is 72.5 cm³/mol. The highest BCUT2D eigenvalue weighted by Crippen LogP contribution is 2.48. The van der Waals surface area contributed by atoms with E-state index in [1.54, 1.807) is 23.5 Å². The molecule has 4 heteroatoms. The van der Waals surface area contributed by atoms with E-state index in [4.69, 9.17) is 5.11 Å². The van der Waals surface area contributed by atoms with Crippen molar-refractivity contribution in [2.75, 3.05) is 0 Å². The lowest BCUT2D eigenvalue weighted by atomic mass is 10.1. The van der Waals surface area contributed by atoms with Crippen LogP contribution in [0, 0.1) is 0 Å². The third-order valence-electron chi connectivity index (χ3n) is 2.65. The Bertz CT molecular complexity index is 623. The Labute approximate surface area is 113 Å². The molecule has 1 aliphatic heterocycles. The zero-order valence-electron chi connectivity index (χ0n) is 9.42. The molecular weight excluding hydrogens is 264 g/mol. The molecular formula is C14H10O2S2. The summed E-state index contributed by atoms with van der Waals surface area (Å²) in [4.78, 5) is 15.6. The molecule has 1 N–H and O–H groups in total. The summed E-state index contributed by atoms with van der Waals surface area (Å²) in [7, 11) is 0. The van der Waals surface area contributed by atoms with Crippen LogP contribution in [-0.4, -0.2) is 11.1 Å². The van der Waals surface area contributed by atoms with E-state index in [2.05, 4.69) is 12.1 Å². The molecule has 0 fully saturated rings. The highest BCUT2D eigenvalue weighted by Gasteiger charge is 2.17. The molecule has 0 unspecified atom stereocenters. The quantitative estimate of drug-likeness (QED) is 0.768. The lowest BCUT2D eigenvalue weighted by Crippen LogP contribution is -2.00. The van der Waals surface area contributed by atoms with Gasteiger partial charge in [0.2, 0.25) is 0 Å². The van der Waals surface area contributed by atoms with Crippen molar-refractivity contribution in [3.05, 3.63) is 48.0 Å². The Morgan fingerprint density at radius 2 is 1.56 bits per heavy atom. The number of carboxylic acids is 1. The van der Waals surface area contributed by atoms with Crippen LogP contribution in [0.4, 0.5) is 0 Å². The molecule has 0 aromatic heterocycles. The summed E-state index contributed by atoms with van der Waals surface area (Å²) >= 11 is 3.45. The molecule has 90 valence electrons. The zero-order chi connectivity index (χ0) is 12.5. The number of benzene rings is 2. The average Bonchev–Trinajstić information content (AvgIpc) is 2.35. The standard InChI is InChI=1S/C14H10O2S2/c15-14(16)8-9-5-6-12-13(7-9)18-11-4-2-1-3-10(11)17-12/h1-7H,8H2,(H,15,16). The molecule has 1 heterocycles. The molecule has 2 aromatic rings. The minimum atomic E-state index is -0.788. The van der Waals surface area contributed by atoms with Crippen molar-refractivity contribution >= 4 is 29.5 Å². The maximum absolute atomic E-state index is 10.7. The van der Waals surface area contributed by atoms with Gasteiger partial charge in [-0.1, -0.05) is 41.7 Å². The molecule has 0 bridgehead atoms. The second kappa shape index (κ2) is 4.71. The van der Waals surface area contributed by atoms with Crippen LogP contribution in [0.1, 0.15) is 5.56 Å². The van der Waals surface area contributed by atoms with Crippen molar-refractivity contribution < 1.29 is 9.90 Å². The van der Waals surface area contributed by atoms with E-state index in [1.165, 1.54) is 14.7 Å². The van der Waals surface area contributed by atoms with Crippen molar-refractivity contribution in [2.24, 2.45) is 0 Å². The van der Waals surface area contributed by atoms with E-state index < -0.39 is 5.97 Å². The molecule has 0 saturated heterocycles. The molecule has 0 saturated carbocycles. The lowest BCUT2D eigenvalue weighted by Gasteiger charge is -2.18. The van der Waals surface area contributed by atoms with Crippen LogP contribution in [0.3, 0.4) is 0 Å². The highest BCUT2D eigenvalue weighted by molar-refractivity contribution is 8.05. The van der Waals surface area contributed by atoms with Crippen LogP contribution in [-0.2, 0) is 11.2 Å². The maximum atomic E-state index is 10.7. The zero-order valence-corrected chi connectivity index (χ0v) is 11.1. The highest BCUT2D eigenvalue weighted by atomic mass is 32.2. The van der Waals surface area contributed by atoms with Gasteiger partial charge in [0.05, 0.1) is 6.42 Å². The second-order valence-electron chi connectivity index (χ2n) is 4.00. The van der Waals surface area contributed by atoms with Gasteiger partial charge in [-0.05, 0) is 29.8 Å². The Morgan fingerprint density at radius 3 is 2.22 bits per heavy atom. The van der Waals surface area contributed by atoms with Gasteiger partial charge in [-0.25, -0.2) is 0 Å². The first kappa shape index (κ1) is 11.7. The Morgan fingerprint density at radius 1 is 0.944 bits per heavy atom. The van der Waals surface area contributed by atoms with Crippen LogP contribution >= 0.6 is 23.5 Å². The minimum absolute atomic E-state index is 0.0835. The second-order valence-corrected chi connectivity index (χ2v) is 6.17. The molecule has 2 aromatic carbocycles. The topological polar surface area (TPSA) is 37.3 Å². The molecule has 0 amide bonds. The molecule has 3 rings (SSSR count). The molecule has 0 atom stereocenters. The normalized spacial score (nSPS) is 12.7. The molecule has 18 heavy (non-hydrogen) atoms. The smallest absolute Gasteiger partial charge is 0.307 e. The third-order valence-corrected chi connectivity index (χ3v) is 5.20. The number of carbonyl (C=O) groups is 1. The van der Waals surface area contributed by atoms with Crippen molar-refractivity contribution in [3.8, 4) is 0 Å². The molecule has 1 aliphatic rings. The first-order chi connectivity index (χ1) is 8.72. The van der Waals surface area contributed by atoms with Gasteiger partial charge in [0.15, 0.2) is 0 Å². The number of carboxylic acid groups (broad SMARTS) is 1. The van der Waals surface area contributed by atoms with E-state index in [0.29, 0.717) is 0 Å². The average molecular weight is 274 g/mol. The summed E-state index contributed by atoms with van der Waals surface area (Å²) in [6, 6.07) is 14.2. The Hall–Kier alpha value is -1.39. The summed E-state index contributed by atoms with van der Waals surface area (Å²) < 4.78 is 0. The third kappa shape index (κ3) is 2.26. The number of hydrogen-bond acceptors (Lipinski definition) is 3. The van der Waals surface area contributed by atoms with E-state index in [1.807, 2.05) is 30.3 Å². The van der Waals surface area contributed by atoms with Gasteiger partial charge in [-0.15, -0.1) is 0 Å². The van der Waals surface area contributed by atoms with Crippen LogP contribution in [0.2, 0.25) is 0 Å². The van der Waals surface area contributed by atoms with Crippen LogP contribution in [0.25, 0.3) is 0 Å². The number of aliphatic carboxylic acids is 1. The fourth-order valence-electron chi connectivity index (χ4n) is 1.86. The van der Waals surface area contributed by atoms with Gasteiger partial charge in [-0.3, -0.25) is 4.79 Å². The van der Waals surface area contributed by atoms with E-state index in [9.17, 15) is 4.79 Å². The minimum Gasteiger partial charge on any atom is -0.481 e. The summed E-state index contributed by atoms with van der Waals surface area (Å²) in [5.74, 6) is -0.788. The van der Waals surface area contributed by atoms with Gasteiger partial charge < -0.3 is 5.11 Å². The maximum Gasteiger partial charge on any atom is 0.307 e. The summed E-state index contributed by atoms with van der Waals surface area (Å²) in [6.45, 7) is 0. The van der Waals surface area contributed by atoms with Crippen molar-refractivity contribution in [1.29, 1.82) is 0 Å². The predicted octanol–water partition coefficient (Wildman–Crippen LogP) is 3.93. The molecule has 0 radical (unpaired) electrons. The molecule has 0 aliphatic carbocycles. The van der Waals surface area contributed by atoms with E-state index >= 15 is 0 Å². The van der Waals surface area contributed by atoms with Gasteiger partial charge >= 0.3 is 5.97 Å². The monoisotopic (exact) mass is 274 g/mol. The number of fused-ring (bicyclic) bond motifs is 2. The van der Waals surface area contributed by atoms with Gasteiger partial charge in [0.25, 0.3) is 0 Å². The van der Waals surface area contributed by atoms with Gasteiger partial charge in [0, 0.05) is 19.6 Å². The van der Waals surface area contributed by atoms with Crippen molar-refractivity contribution in [3.63, 3.8) is 0 Å². The first-order valence-corrected chi connectivity index (χ1v) is 7.15. The fraction of sp³-hybridized carbons (Fsp3) is 0.0714. The van der Waals surface area contributed by atoms with Gasteiger partial charge in [-0.2, -0.15) is 0 Å². The van der Waals surface area contributed by atoms with E-state index in [-0.39, 0.29) is 6.42 Å². The number of hydrogen-bond donors (Lipinski definition) is 1. The lowest BCUT2D eigenvalue weighted by molar-refractivity contribution is -0.136. The van der Waals surface area contributed by atoms with Crippen LogP contribution in [0.5, 0.6) is 0 Å². The van der Waals surface area contributed by atoms with Gasteiger partial charge in [0.1, 0.15) is 0 Å². The van der Waals surface area contributed by atoms with Crippen molar-refractivity contribution in [1.82, 2.24) is 0 Å². The summed E-state index contributed by atoms with van der Waals surface area (Å²) in [6.07, 6.45) is 0.0835. The van der Waals surface area contributed by atoms with Crippen LogP contribution in [0.15, 0.2) is 62.0 Å². The Balaban J connectivity index is 1.96. The molecule has 2 nitrogen and oxygen atoms in total. The van der Waals surface area contributed by atoms with E-state index in [0.717, 1.165) is 10.5 Å².